The van der Waals surface area contributed by atoms with Crippen molar-refractivity contribution in [2.75, 3.05) is 33.9 Å². The van der Waals surface area contributed by atoms with Gasteiger partial charge < -0.3 is 19.7 Å². The maximum absolute atomic E-state index is 12.1. The summed E-state index contributed by atoms with van der Waals surface area (Å²) in [5, 5.41) is 2.99. The van der Waals surface area contributed by atoms with Crippen LogP contribution in [0, 0.1) is 5.92 Å². The third-order valence-corrected chi connectivity index (χ3v) is 4.35. The Morgan fingerprint density at radius 3 is 2.78 bits per heavy atom. The van der Waals surface area contributed by atoms with Crippen molar-refractivity contribution in [1.82, 2.24) is 10.2 Å². The number of nitrogens with one attached hydrogen (secondary N) is 1. The first-order valence-corrected chi connectivity index (χ1v) is 8.41. The second-order valence-corrected chi connectivity index (χ2v) is 6.08. The Balaban J connectivity index is 1.86. The molecule has 0 saturated carbocycles. The zero-order chi connectivity index (χ0) is 16.7. The summed E-state index contributed by atoms with van der Waals surface area (Å²) in [5.74, 6) is 2.02. The van der Waals surface area contributed by atoms with Crippen LogP contribution in [-0.2, 0) is 6.42 Å². The summed E-state index contributed by atoms with van der Waals surface area (Å²) in [6.07, 6.45) is 4.14. The van der Waals surface area contributed by atoms with Crippen molar-refractivity contribution in [3.05, 3.63) is 23.8 Å². The zero-order valence-electron chi connectivity index (χ0n) is 14.4. The number of benzene rings is 1. The molecule has 0 bridgehead atoms. The van der Waals surface area contributed by atoms with Gasteiger partial charge in [-0.2, -0.15) is 0 Å². The van der Waals surface area contributed by atoms with Crippen LogP contribution in [0.1, 0.15) is 31.7 Å². The molecule has 0 aromatic heterocycles. The molecule has 1 atom stereocenters. The van der Waals surface area contributed by atoms with Gasteiger partial charge in [-0.05, 0) is 42.9 Å². The van der Waals surface area contributed by atoms with Gasteiger partial charge in [0.2, 0.25) is 0 Å². The van der Waals surface area contributed by atoms with E-state index in [0.29, 0.717) is 5.92 Å². The molecular formula is C18H28N2O3. The van der Waals surface area contributed by atoms with Crippen LogP contribution in [0.4, 0.5) is 4.79 Å². The Bertz CT molecular complexity index is 519. The van der Waals surface area contributed by atoms with Crippen LogP contribution in [0.5, 0.6) is 11.5 Å². The maximum atomic E-state index is 12.1. The molecule has 1 saturated heterocycles. The molecule has 1 aromatic rings. The van der Waals surface area contributed by atoms with E-state index >= 15 is 0 Å². The van der Waals surface area contributed by atoms with Gasteiger partial charge in [0.15, 0.2) is 11.5 Å². The van der Waals surface area contributed by atoms with Gasteiger partial charge in [-0.1, -0.05) is 19.4 Å². The zero-order valence-corrected chi connectivity index (χ0v) is 14.4. The van der Waals surface area contributed by atoms with Crippen molar-refractivity contribution in [1.29, 1.82) is 0 Å². The number of likely N-dealkylation sites (tertiary alicyclic amines) is 1. The van der Waals surface area contributed by atoms with E-state index in [2.05, 4.69) is 18.3 Å². The summed E-state index contributed by atoms with van der Waals surface area (Å²) >= 11 is 0. The Labute approximate surface area is 139 Å². The van der Waals surface area contributed by atoms with Gasteiger partial charge in [-0.15, -0.1) is 0 Å². The molecule has 2 rings (SSSR count). The number of hydrogen-bond acceptors (Lipinski definition) is 3. The van der Waals surface area contributed by atoms with E-state index in [1.165, 1.54) is 5.56 Å². The third kappa shape index (κ3) is 4.78. The standard InChI is InChI=1S/C18H28N2O3/c1-4-5-9-19-18(21)20-10-8-15(13-20)11-14-6-7-16(22-2)17(12-14)23-3/h6-7,12,15H,4-5,8-11,13H2,1-3H3,(H,19,21). The monoisotopic (exact) mass is 320 g/mol. The minimum atomic E-state index is 0.0771. The molecule has 1 unspecified atom stereocenters. The molecule has 128 valence electrons. The van der Waals surface area contributed by atoms with E-state index in [4.69, 9.17) is 9.47 Å². The first kappa shape index (κ1) is 17.4. The molecule has 1 aliphatic heterocycles. The molecule has 1 aromatic carbocycles. The van der Waals surface area contributed by atoms with Gasteiger partial charge in [-0.25, -0.2) is 4.79 Å². The van der Waals surface area contributed by atoms with Crippen LogP contribution < -0.4 is 14.8 Å². The molecule has 1 N–H and O–H groups in total. The lowest BCUT2D eigenvalue weighted by molar-refractivity contribution is 0.207. The SMILES string of the molecule is CCCCNC(=O)N1CCC(Cc2ccc(OC)c(OC)c2)C1. The fourth-order valence-electron chi connectivity index (χ4n) is 3.01. The largest absolute Gasteiger partial charge is 0.493 e. The van der Waals surface area contributed by atoms with Crippen molar-refractivity contribution < 1.29 is 14.3 Å². The summed E-state index contributed by atoms with van der Waals surface area (Å²) in [6.45, 7) is 4.57. The van der Waals surface area contributed by atoms with Crippen LogP contribution in [0.2, 0.25) is 0 Å². The lowest BCUT2D eigenvalue weighted by Crippen LogP contribution is -2.38. The number of nitrogens with zero attached hydrogens (tertiary/aromatic N) is 1. The third-order valence-electron chi connectivity index (χ3n) is 4.35. The minimum Gasteiger partial charge on any atom is -0.493 e. The minimum absolute atomic E-state index is 0.0771. The lowest BCUT2D eigenvalue weighted by atomic mass is 9.98. The fourth-order valence-corrected chi connectivity index (χ4v) is 3.01. The summed E-state index contributed by atoms with van der Waals surface area (Å²) in [7, 11) is 3.29. The second kappa shape index (κ2) is 8.65. The van der Waals surface area contributed by atoms with Crippen LogP contribution in [0.3, 0.4) is 0 Å². The van der Waals surface area contributed by atoms with E-state index < -0.39 is 0 Å². The maximum Gasteiger partial charge on any atom is 0.317 e. The van der Waals surface area contributed by atoms with E-state index in [1.54, 1.807) is 14.2 Å². The number of hydrogen-bond donors (Lipinski definition) is 1. The van der Waals surface area contributed by atoms with Gasteiger partial charge >= 0.3 is 6.03 Å². The van der Waals surface area contributed by atoms with Crippen molar-refractivity contribution in [3.8, 4) is 11.5 Å². The number of ether oxygens (including phenoxy) is 2. The average Bonchev–Trinajstić information content (AvgIpc) is 3.03. The molecule has 0 radical (unpaired) electrons. The van der Waals surface area contributed by atoms with Gasteiger partial charge in [-0.3, -0.25) is 0 Å². The number of amides is 2. The van der Waals surface area contributed by atoms with Crippen LogP contribution in [0.25, 0.3) is 0 Å². The molecule has 2 amide bonds. The number of rotatable bonds is 7. The molecule has 1 fully saturated rings. The van der Waals surface area contributed by atoms with Gasteiger partial charge in [0.25, 0.3) is 0 Å². The van der Waals surface area contributed by atoms with E-state index in [1.807, 2.05) is 17.0 Å². The van der Waals surface area contributed by atoms with Crippen LogP contribution in [-0.4, -0.2) is 44.8 Å². The number of unbranched alkanes of at least 4 members (excludes halogenated alkanes) is 1. The summed E-state index contributed by atoms with van der Waals surface area (Å²) in [5.41, 5.74) is 1.22. The van der Waals surface area contributed by atoms with Crippen molar-refractivity contribution in [2.24, 2.45) is 5.92 Å². The second-order valence-electron chi connectivity index (χ2n) is 6.08. The van der Waals surface area contributed by atoms with Crippen molar-refractivity contribution in [2.45, 2.75) is 32.6 Å². The first-order valence-electron chi connectivity index (χ1n) is 8.41. The van der Waals surface area contributed by atoms with Crippen LogP contribution >= 0.6 is 0 Å². The smallest absolute Gasteiger partial charge is 0.317 e. The predicted octanol–water partition coefficient (Wildman–Crippen LogP) is 3.08. The van der Waals surface area contributed by atoms with Gasteiger partial charge in [0, 0.05) is 19.6 Å². The lowest BCUT2D eigenvalue weighted by Gasteiger charge is -2.17. The quantitative estimate of drug-likeness (QED) is 0.786. The topological polar surface area (TPSA) is 50.8 Å². The van der Waals surface area contributed by atoms with Gasteiger partial charge in [0.05, 0.1) is 14.2 Å². The van der Waals surface area contributed by atoms with Crippen LogP contribution in [0.15, 0.2) is 18.2 Å². The molecule has 1 aliphatic rings. The highest BCUT2D eigenvalue weighted by molar-refractivity contribution is 5.74. The average molecular weight is 320 g/mol. The number of urea groups is 1. The Kier molecular flexibility index (Phi) is 6.56. The highest BCUT2D eigenvalue weighted by Gasteiger charge is 2.26. The summed E-state index contributed by atoms with van der Waals surface area (Å²) in [4.78, 5) is 14.0. The normalized spacial score (nSPS) is 17.2. The molecule has 5 nitrogen and oxygen atoms in total. The molecule has 5 heteroatoms. The Morgan fingerprint density at radius 1 is 1.30 bits per heavy atom. The predicted molar refractivity (Wildman–Crippen MR) is 91.2 cm³/mol. The summed E-state index contributed by atoms with van der Waals surface area (Å²) in [6, 6.07) is 6.13. The van der Waals surface area contributed by atoms with Crippen molar-refractivity contribution >= 4 is 6.03 Å². The number of methoxy groups -OCH3 is 2. The number of carbonyl (C=O) groups excluding carboxylic acids is 1. The number of carbonyl (C=O) groups is 1. The summed E-state index contributed by atoms with van der Waals surface area (Å²) < 4.78 is 10.6. The van der Waals surface area contributed by atoms with Crippen molar-refractivity contribution in [3.63, 3.8) is 0 Å². The fraction of sp³-hybridized carbons (Fsp3) is 0.611. The highest BCUT2D eigenvalue weighted by Crippen LogP contribution is 2.30. The Hall–Kier alpha value is -1.91. The van der Waals surface area contributed by atoms with E-state index in [9.17, 15) is 4.79 Å². The molecule has 23 heavy (non-hydrogen) atoms. The molecule has 0 aliphatic carbocycles. The van der Waals surface area contributed by atoms with Gasteiger partial charge in [0.1, 0.15) is 0 Å². The van der Waals surface area contributed by atoms with E-state index in [0.717, 1.165) is 56.8 Å². The van der Waals surface area contributed by atoms with E-state index in [-0.39, 0.29) is 6.03 Å². The molecule has 0 spiro atoms. The Morgan fingerprint density at radius 2 is 2.09 bits per heavy atom. The highest BCUT2D eigenvalue weighted by atomic mass is 16.5. The molecule has 1 heterocycles. The molecular weight excluding hydrogens is 292 g/mol. The first-order chi connectivity index (χ1) is 11.2.